The van der Waals surface area contributed by atoms with E-state index >= 15 is 0 Å². The van der Waals surface area contributed by atoms with E-state index in [0.29, 0.717) is 6.42 Å². The van der Waals surface area contributed by atoms with Crippen LogP contribution in [0, 0.1) is 0 Å². The van der Waals surface area contributed by atoms with Gasteiger partial charge in [0.2, 0.25) is 5.91 Å². The third-order valence-electron chi connectivity index (χ3n) is 11.4. The van der Waals surface area contributed by atoms with Crippen LogP contribution in [-0.4, -0.2) is 87.5 Å². The number of unbranched alkanes of at least 4 members (excludes halogenated alkanes) is 26. The van der Waals surface area contributed by atoms with Gasteiger partial charge in [-0.25, -0.2) is 0 Å². The molecule has 0 radical (unpaired) electrons. The Balaban J connectivity index is 2.37. The second kappa shape index (κ2) is 39.5. The molecule has 0 aromatic heterocycles. The van der Waals surface area contributed by atoms with Gasteiger partial charge in [0, 0.05) is 6.42 Å². The molecule has 0 aromatic carbocycles. The van der Waals surface area contributed by atoms with E-state index in [1.165, 1.54) is 135 Å². The summed E-state index contributed by atoms with van der Waals surface area (Å²) in [7, 11) is 0. The summed E-state index contributed by atoms with van der Waals surface area (Å²) in [6.45, 7) is 3.75. The maximum Gasteiger partial charge on any atom is 0.220 e. The first kappa shape index (κ1) is 54.4. The molecule has 0 saturated carbocycles. The van der Waals surface area contributed by atoms with Crippen molar-refractivity contribution in [2.24, 2.45) is 0 Å². The fraction of sp³-hybridized carbons (Fsp3) is 0.857. The molecule has 0 spiro atoms. The Morgan fingerprint density at radius 3 is 1.45 bits per heavy atom. The van der Waals surface area contributed by atoms with Gasteiger partial charge in [-0.05, 0) is 57.8 Å². The molecule has 6 N–H and O–H groups in total. The largest absolute Gasteiger partial charge is 0.394 e. The van der Waals surface area contributed by atoms with E-state index in [1.807, 2.05) is 6.08 Å². The zero-order valence-electron chi connectivity index (χ0n) is 37.3. The van der Waals surface area contributed by atoms with Crippen molar-refractivity contribution in [1.82, 2.24) is 5.32 Å². The third kappa shape index (κ3) is 29.6. The van der Waals surface area contributed by atoms with Crippen LogP contribution < -0.4 is 5.32 Å². The predicted octanol–water partition coefficient (Wildman–Crippen LogP) is 10.5. The monoisotopic (exact) mass is 822 g/mol. The zero-order valence-corrected chi connectivity index (χ0v) is 37.3. The van der Waals surface area contributed by atoms with Crippen molar-refractivity contribution in [3.05, 3.63) is 36.5 Å². The minimum Gasteiger partial charge on any atom is -0.394 e. The average molecular weight is 822 g/mol. The number of carbonyl (C=O) groups is 1. The van der Waals surface area contributed by atoms with Gasteiger partial charge in [-0.3, -0.25) is 4.79 Å². The normalized spacial score (nSPS) is 21.1. The number of rotatable bonds is 40. The summed E-state index contributed by atoms with van der Waals surface area (Å²) in [5.74, 6) is -0.195. The van der Waals surface area contributed by atoms with Crippen LogP contribution in [0.15, 0.2) is 36.5 Å². The third-order valence-corrected chi connectivity index (χ3v) is 11.4. The van der Waals surface area contributed by atoms with Crippen molar-refractivity contribution in [3.63, 3.8) is 0 Å². The topological polar surface area (TPSA) is 149 Å². The summed E-state index contributed by atoms with van der Waals surface area (Å²) in [5, 5.41) is 54.2. The lowest BCUT2D eigenvalue weighted by molar-refractivity contribution is -0.302. The number of hydrogen-bond acceptors (Lipinski definition) is 8. The number of allylic oxidation sites excluding steroid dienone is 5. The predicted molar refractivity (Wildman–Crippen MR) is 240 cm³/mol. The highest BCUT2D eigenvalue weighted by Gasteiger charge is 2.44. The molecular weight excluding hydrogens is 731 g/mol. The first-order chi connectivity index (χ1) is 28.3. The van der Waals surface area contributed by atoms with Gasteiger partial charge in [0.1, 0.15) is 24.4 Å². The van der Waals surface area contributed by atoms with Gasteiger partial charge in [0.15, 0.2) is 6.29 Å². The van der Waals surface area contributed by atoms with E-state index in [9.17, 15) is 30.3 Å². The Labute approximate surface area is 355 Å². The molecule has 1 heterocycles. The summed E-state index contributed by atoms with van der Waals surface area (Å²) in [6.07, 6.45) is 41.9. The zero-order chi connectivity index (χ0) is 42.3. The van der Waals surface area contributed by atoms with E-state index < -0.39 is 49.5 Å². The maximum atomic E-state index is 13.0. The van der Waals surface area contributed by atoms with Crippen LogP contribution in [0.3, 0.4) is 0 Å². The van der Waals surface area contributed by atoms with Crippen LogP contribution in [0.4, 0.5) is 0 Å². The number of hydrogen-bond donors (Lipinski definition) is 6. The smallest absolute Gasteiger partial charge is 0.220 e. The Morgan fingerprint density at radius 1 is 0.569 bits per heavy atom. The number of amides is 1. The Bertz CT molecular complexity index is 1000. The van der Waals surface area contributed by atoms with Gasteiger partial charge < -0.3 is 40.3 Å². The van der Waals surface area contributed by atoms with Gasteiger partial charge >= 0.3 is 0 Å². The minimum absolute atomic E-state index is 0.195. The molecular formula is C49H91NO8. The molecule has 1 fully saturated rings. The second-order valence-corrected chi connectivity index (χ2v) is 16.9. The van der Waals surface area contributed by atoms with Gasteiger partial charge in [0.05, 0.1) is 25.4 Å². The van der Waals surface area contributed by atoms with Gasteiger partial charge in [-0.15, -0.1) is 0 Å². The molecule has 1 aliphatic heterocycles. The second-order valence-electron chi connectivity index (χ2n) is 16.9. The van der Waals surface area contributed by atoms with Crippen LogP contribution in [0.5, 0.6) is 0 Å². The summed E-state index contributed by atoms with van der Waals surface area (Å²) in [4.78, 5) is 13.0. The highest BCUT2D eigenvalue weighted by Crippen LogP contribution is 2.22. The van der Waals surface area contributed by atoms with E-state index in [0.717, 1.165) is 57.8 Å². The first-order valence-electron chi connectivity index (χ1n) is 24.2. The fourth-order valence-electron chi connectivity index (χ4n) is 7.52. The van der Waals surface area contributed by atoms with Crippen molar-refractivity contribution in [2.75, 3.05) is 13.2 Å². The summed E-state index contributed by atoms with van der Waals surface area (Å²) < 4.78 is 11.2. The lowest BCUT2D eigenvalue weighted by Crippen LogP contribution is -2.60. The number of aliphatic hydroxyl groups is 5. The molecule has 340 valence electrons. The lowest BCUT2D eigenvalue weighted by Gasteiger charge is -2.40. The summed E-state index contributed by atoms with van der Waals surface area (Å²) >= 11 is 0. The maximum absolute atomic E-state index is 13.0. The highest BCUT2D eigenvalue weighted by molar-refractivity contribution is 5.76. The molecule has 9 heteroatoms. The minimum atomic E-state index is -1.57. The molecule has 1 aliphatic rings. The molecule has 7 unspecified atom stereocenters. The van der Waals surface area contributed by atoms with Crippen molar-refractivity contribution >= 4 is 5.91 Å². The molecule has 9 nitrogen and oxygen atoms in total. The summed E-state index contributed by atoms with van der Waals surface area (Å²) in [6, 6.07) is -0.824. The molecule has 7 atom stereocenters. The number of nitrogens with one attached hydrogen (secondary N) is 1. The Hall–Kier alpha value is -1.59. The van der Waals surface area contributed by atoms with E-state index in [4.69, 9.17) is 9.47 Å². The number of ether oxygens (including phenoxy) is 2. The fourth-order valence-corrected chi connectivity index (χ4v) is 7.52. The first-order valence-corrected chi connectivity index (χ1v) is 24.2. The van der Waals surface area contributed by atoms with Crippen molar-refractivity contribution in [2.45, 2.75) is 256 Å². The quantitative estimate of drug-likeness (QED) is 0.0264. The van der Waals surface area contributed by atoms with Crippen LogP contribution in [0.2, 0.25) is 0 Å². The van der Waals surface area contributed by atoms with E-state index in [2.05, 4.69) is 43.5 Å². The Morgan fingerprint density at radius 2 is 0.983 bits per heavy atom. The van der Waals surface area contributed by atoms with E-state index in [1.54, 1.807) is 6.08 Å². The van der Waals surface area contributed by atoms with Crippen LogP contribution in [0.1, 0.15) is 213 Å². The van der Waals surface area contributed by atoms with E-state index in [-0.39, 0.29) is 12.5 Å². The van der Waals surface area contributed by atoms with Crippen LogP contribution in [0.25, 0.3) is 0 Å². The molecule has 58 heavy (non-hydrogen) atoms. The number of aliphatic hydroxyl groups excluding tert-OH is 5. The molecule has 1 rings (SSSR count). The van der Waals surface area contributed by atoms with Gasteiger partial charge in [-0.2, -0.15) is 0 Å². The molecule has 0 bridgehead atoms. The van der Waals surface area contributed by atoms with Crippen molar-refractivity contribution in [1.29, 1.82) is 0 Å². The highest BCUT2D eigenvalue weighted by atomic mass is 16.7. The van der Waals surface area contributed by atoms with Gasteiger partial charge in [0.25, 0.3) is 0 Å². The Kier molecular flexibility index (Phi) is 37.1. The van der Waals surface area contributed by atoms with Crippen molar-refractivity contribution < 1.29 is 39.8 Å². The molecule has 0 aromatic rings. The molecule has 0 aliphatic carbocycles. The van der Waals surface area contributed by atoms with Gasteiger partial charge in [-0.1, -0.05) is 185 Å². The van der Waals surface area contributed by atoms with Crippen LogP contribution in [-0.2, 0) is 14.3 Å². The van der Waals surface area contributed by atoms with Crippen molar-refractivity contribution in [3.8, 4) is 0 Å². The lowest BCUT2D eigenvalue weighted by atomic mass is 9.99. The molecule has 1 amide bonds. The molecule has 1 saturated heterocycles. The summed E-state index contributed by atoms with van der Waals surface area (Å²) in [5.41, 5.74) is 0. The van der Waals surface area contributed by atoms with Crippen LogP contribution >= 0.6 is 0 Å². The average Bonchev–Trinajstić information content (AvgIpc) is 3.22. The SMILES string of the molecule is CCCCCCCCC/C=C\CCCCCCCC(=O)NC(COC1OC(CO)C(O)C(O)C1O)C(O)/C=C/CC/C=C/CCCCCCCCCCCCCCC. The number of carbonyl (C=O) groups excluding carboxylic acids is 1. The standard InChI is InChI=1S/C49H91NO8/c1-3-5-7-9-11-13-15-17-19-21-22-23-24-26-28-30-32-34-36-38-43(52)42(41-57-49-48(56)47(55)46(54)44(40-51)58-49)50-45(53)39-37-35-33-31-29-27-25-20-18-16-14-12-10-8-6-4-2/h20,25,28,30,36,38,42-44,46-49,51-52,54-56H,3-19,21-24,26-27,29,31-35,37,39-41H2,1-2H3,(H,50,53)/b25-20-,30-28+,38-36+.